The van der Waals surface area contributed by atoms with Crippen molar-refractivity contribution in [3.8, 4) is 11.5 Å². The predicted molar refractivity (Wildman–Crippen MR) is 108 cm³/mol. The highest BCUT2D eigenvalue weighted by atomic mass is 16.6. The highest BCUT2D eigenvalue weighted by Gasteiger charge is 2.70. The SMILES string of the molecule is CC(C)N[C@@H]1c2cc(C(C)C)c(O)c(O)c2[C@@]23CCCC(C)(C)[C@@H]2[C@@H]1OC3=O. The van der Waals surface area contributed by atoms with E-state index in [9.17, 15) is 15.0 Å². The molecule has 1 aromatic rings. The number of benzene rings is 1. The van der Waals surface area contributed by atoms with E-state index in [4.69, 9.17) is 4.74 Å². The third kappa shape index (κ3) is 2.38. The van der Waals surface area contributed by atoms with Gasteiger partial charge in [0.2, 0.25) is 0 Å². The van der Waals surface area contributed by atoms with Crippen molar-refractivity contribution in [3.05, 3.63) is 22.8 Å². The molecule has 4 atom stereocenters. The smallest absolute Gasteiger partial charge is 0.317 e. The van der Waals surface area contributed by atoms with E-state index in [2.05, 4.69) is 33.0 Å². The quantitative estimate of drug-likeness (QED) is 0.533. The first-order chi connectivity index (χ1) is 13.0. The Balaban J connectivity index is 2.05. The van der Waals surface area contributed by atoms with Crippen LogP contribution in [0, 0.1) is 11.3 Å². The number of ether oxygens (including phenoxy) is 1. The van der Waals surface area contributed by atoms with Crippen LogP contribution in [0.25, 0.3) is 0 Å². The molecule has 4 rings (SSSR count). The van der Waals surface area contributed by atoms with E-state index in [1.807, 2.05) is 19.9 Å². The zero-order valence-corrected chi connectivity index (χ0v) is 17.8. The number of phenols is 2. The maximum atomic E-state index is 13.3. The van der Waals surface area contributed by atoms with Crippen molar-refractivity contribution in [1.82, 2.24) is 5.32 Å². The van der Waals surface area contributed by atoms with Crippen LogP contribution < -0.4 is 5.32 Å². The zero-order chi connectivity index (χ0) is 20.6. The first-order valence-electron chi connectivity index (χ1n) is 10.6. The minimum absolute atomic E-state index is 0.0276. The molecule has 1 aliphatic heterocycles. The van der Waals surface area contributed by atoms with Gasteiger partial charge in [-0.2, -0.15) is 0 Å². The van der Waals surface area contributed by atoms with Gasteiger partial charge in [0.1, 0.15) is 11.5 Å². The van der Waals surface area contributed by atoms with Gasteiger partial charge in [-0.05, 0) is 35.8 Å². The number of nitrogens with one attached hydrogen (secondary N) is 1. The second kappa shape index (κ2) is 6.12. The van der Waals surface area contributed by atoms with E-state index in [0.29, 0.717) is 17.5 Å². The van der Waals surface area contributed by atoms with Crippen LogP contribution in [0.3, 0.4) is 0 Å². The maximum absolute atomic E-state index is 13.3. The summed E-state index contributed by atoms with van der Waals surface area (Å²) >= 11 is 0. The summed E-state index contributed by atoms with van der Waals surface area (Å²) < 4.78 is 6.06. The number of phenolic OH excluding ortho intramolecular Hbond substituents is 2. The zero-order valence-electron chi connectivity index (χ0n) is 17.8. The van der Waals surface area contributed by atoms with Crippen molar-refractivity contribution < 1.29 is 19.7 Å². The second-order valence-electron chi connectivity index (χ2n) is 10.2. The molecule has 0 spiro atoms. The summed E-state index contributed by atoms with van der Waals surface area (Å²) in [5.41, 5.74) is 1.27. The summed E-state index contributed by atoms with van der Waals surface area (Å²) in [6, 6.07) is 1.99. The Bertz CT molecular complexity index is 828. The normalized spacial score (nSPS) is 33.0. The Labute approximate surface area is 167 Å². The van der Waals surface area contributed by atoms with Crippen LogP contribution >= 0.6 is 0 Å². The Hall–Kier alpha value is -1.75. The van der Waals surface area contributed by atoms with Crippen molar-refractivity contribution in [3.63, 3.8) is 0 Å². The largest absolute Gasteiger partial charge is 0.504 e. The molecule has 2 aliphatic carbocycles. The van der Waals surface area contributed by atoms with Crippen LogP contribution in [0.5, 0.6) is 11.5 Å². The molecule has 1 saturated heterocycles. The number of rotatable bonds is 3. The topological polar surface area (TPSA) is 78.8 Å². The average Bonchev–Trinajstić information content (AvgIpc) is 2.84. The van der Waals surface area contributed by atoms with Crippen molar-refractivity contribution in [2.75, 3.05) is 0 Å². The Kier molecular flexibility index (Phi) is 4.28. The van der Waals surface area contributed by atoms with Crippen molar-refractivity contribution in [2.24, 2.45) is 11.3 Å². The molecule has 2 bridgehead atoms. The van der Waals surface area contributed by atoms with E-state index in [-0.39, 0.29) is 52.9 Å². The molecule has 154 valence electrons. The van der Waals surface area contributed by atoms with E-state index >= 15 is 0 Å². The molecule has 28 heavy (non-hydrogen) atoms. The highest BCUT2D eigenvalue weighted by Crippen LogP contribution is 2.66. The van der Waals surface area contributed by atoms with Gasteiger partial charge in [-0.15, -0.1) is 0 Å². The van der Waals surface area contributed by atoms with Gasteiger partial charge < -0.3 is 20.3 Å². The average molecular weight is 388 g/mol. The van der Waals surface area contributed by atoms with E-state index in [1.165, 1.54) is 0 Å². The molecule has 3 N–H and O–H groups in total. The number of hydrogen-bond acceptors (Lipinski definition) is 5. The fraction of sp³-hybridized carbons (Fsp3) is 0.696. The Morgan fingerprint density at radius 3 is 2.43 bits per heavy atom. The van der Waals surface area contributed by atoms with E-state index in [1.54, 1.807) is 0 Å². The van der Waals surface area contributed by atoms with Crippen LogP contribution in [0.1, 0.15) is 89.5 Å². The Morgan fingerprint density at radius 1 is 1.14 bits per heavy atom. The van der Waals surface area contributed by atoms with E-state index in [0.717, 1.165) is 18.4 Å². The second-order valence-corrected chi connectivity index (χ2v) is 10.2. The number of carbonyl (C=O) groups is 1. The minimum atomic E-state index is -0.867. The highest BCUT2D eigenvalue weighted by molar-refractivity contribution is 5.90. The molecular weight excluding hydrogens is 354 g/mol. The third-order valence-electron chi connectivity index (χ3n) is 7.28. The predicted octanol–water partition coefficient (Wildman–Crippen LogP) is 4.26. The van der Waals surface area contributed by atoms with Crippen LogP contribution in [0.4, 0.5) is 0 Å². The fourth-order valence-electron chi connectivity index (χ4n) is 6.27. The number of aromatic hydroxyl groups is 2. The van der Waals surface area contributed by atoms with Crippen LogP contribution in [-0.2, 0) is 14.9 Å². The molecule has 0 amide bonds. The van der Waals surface area contributed by atoms with Crippen LogP contribution in [-0.4, -0.2) is 28.3 Å². The first kappa shape index (κ1) is 19.6. The molecule has 3 aliphatic rings. The molecular formula is C23H33NO4. The number of hydrogen-bond donors (Lipinski definition) is 3. The number of fused-ring (bicyclic) bond motifs is 1. The lowest BCUT2D eigenvalue weighted by Gasteiger charge is -2.52. The van der Waals surface area contributed by atoms with Gasteiger partial charge in [-0.25, -0.2) is 0 Å². The third-order valence-corrected chi connectivity index (χ3v) is 7.28. The van der Waals surface area contributed by atoms with Crippen molar-refractivity contribution in [2.45, 2.75) is 90.3 Å². The van der Waals surface area contributed by atoms with Gasteiger partial charge in [0.15, 0.2) is 11.5 Å². The summed E-state index contributed by atoms with van der Waals surface area (Å²) in [7, 11) is 0. The van der Waals surface area contributed by atoms with Crippen molar-refractivity contribution in [1.29, 1.82) is 0 Å². The van der Waals surface area contributed by atoms with Gasteiger partial charge in [-0.3, -0.25) is 4.79 Å². The standard InChI is InChI=1S/C23H33NO4/c1-11(2)13-10-14-15(18(26)17(13)25)23-9-7-8-22(5,6)20(23)19(28-21(23)27)16(14)24-12(3)4/h10-12,16,19-20,24-26H,7-9H2,1-6H3/t16-,19-,20+,23+/m1/s1. The minimum Gasteiger partial charge on any atom is -0.504 e. The summed E-state index contributed by atoms with van der Waals surface area (Å²) in [5, 5.41) is 25.6. The van der Waals surface area contributed by atoms with Crippen molar-refractivity contribution >= 4 is 5.97 Å². The number of carbonyl (C=O) groups excluding carboxylic acids is 1. The lowest BCUT2D eigenvalue weighted by molar-refractivity contribution is -0.146. The fourth-order valence-corrected chi connectivity index (χ4v) is 6.27. The van der Waals surface area contributed by atoms with Gasteiger partial charge >= 0.3 is 5.97 Å². The molecule has 1 saturated carbocycles. The van der Waals surface area contributed by atoms with Gasteiger partial charge in [-0.1, -0.05) is 48.0 Å². The van der Waals surface area contributed by atoms with Crippen LogP contribution in [0.2, 0.25) is 0 Å². The molecule has 1 aromatic carbocycles. The first-order valence-corrected chi connectivity index (χ1v) is 10.6. The van der Waals surface area contributed by atoms with E-state index < -0.39 is 5.41 Å². The number of esters is 1. The van der Waals surface area contributed by atoms with Gasteiger partial charge in [0, 0.05) is 23.1 Å². The molecule has 1 heterocycles. The summed E-state index contributed by atoms with van der Waals surface area (Å²) in [4.78, 5) is 13.3. The lowest BCUT2D eigenvalue weighted by atomic mass is 9.49. The van der Waals surface area contributed by atoms with Gasteiger partial charge in [0.05, 0.1) is 6.04 Å². The molecule has 5 nitrogen and oxygen atoms in total. The monoisotopic (exact) mass is 387 g/mol. The molecule has 2 fully saturated rings. The molecule has 0 radical (unpaired) electrons. The summed E-state index contributed by atoms with van der Waals surface area (Å²) in [5.74, 6) is -0.427. The Morgan fingerprint density at radius 2 is 1.82 bits per heavy atom. The molecule has 0 unspecified atom stereocenters. The molecule has 0 aromatic heterocycles. The maximum Gasteiger partial charge on any atom is 0.317 e. The lowest BCUT2D eigenvalue weighted by Crippen LogP contribution is -2.56. The molecule has 5 heteroatoms. The summed E-state index contributed by atoms with van der Waals surface area (Å²) in [6.45, 7) is 12.6. The summed E-state index contributed by atoms with van der Waals surface area (Å²) in [6.07, 6.45) is 2.32. The van der Waals surface area contributed by atoms with Crippen LogP contribution in [0.15, 0.2) is 6.07 Å². The van der Waals surface area contributed by atoms with Gasteiger partial charge in [0.25, 0.3) is 0 Å².